The number of halogens is 1. The van der Waals surface area contributed by atoms with Crippen LogP contribution in [0.15, 0.2) is 35.4 Å². The number of rotatable bonds is 3. The monoisotopic (exact) mass is 303 g/mol. The Morgan fingerprint density at radius 1 is 1.38 bits per heavy atom. The van der Waals surface area contributed by atoms with E-state index in [2.05, 4.69) is 10.2 Å². The second-order valence-electron chi connectivity index (χ2n) is 4.97. The van der Waals surface area contributed by atoms with Crippen LogP contribution in [0.5, 0.6) is 0 Å². The second-order valence-corrected chi connectivity index (χ2v) is 5.38. The van der Waals surface area contributed by atoms with Crippen molar-refractivity contribution in [1.29, 1.82) is 0 Å². The van der Waals surface area contributed by atoms with Crippen molar-refractivity contribution in [2.24, 2.45) is 0 Å². The molecule has 6 heteroatoms. The summed E-state index contributed by atoms with van der Waals surface area (Å²) in [5.74, 6) is 0. The van der Waals surface area contributed by atoms with E-state index in [1.54, 1.807) is 15.5 Å². The molecule has 3 aromatic rings. The molecule has 2 aromatic heterocycles. The zero-order valence-corrected chi connectivity index (χ0v) is 12.7. The first-order chi connectivity index (χ1) is 10.1. The molecule has 0 radical (unpaired) electrons. The molecule has 0 bridgehead atoms. The van der Waals surface area contributed by atoms with Crippen molar-refractivity contribution in [1.82, 2.24) is 14.9 Å². The van der Waals surface area contributed by atoms with E-state index in [4.69, 9.17) is 11.6 Å². The maximum atomic E-state index is 12.6. The third-order valence-electron chi connectivity index (χ3n) is 3.63. The fourth-order valence-electron chi connectivity index (χ4n) is 2.54. The molecule has 1 aromatic carbocycles. The molecule has 0 amide bonds. The van der Waals surface area contributed by atoms with Gasteiger partial charge in [-0.3, -0.25) is 4.79 Å². The zero-order chi connectivity index (χ0) is 15.0. The topological polar surface area (TPSA) is 54.8 Å². The minimum absolute atomic E-state index is 0.0123. The van der Waals surface area contributed by atoms with Gasteiger partial charge in [0.05, 0.1) is 0 Å². The van der Waals surface area contributed by atoms with Crippen LogP contribution in [0.25, 0.3) is 5.65 Å². The highest BCUT2D eigenvalue weighted by molar-refractivity contribution is 6.31. The lowest BCUT2D eigenvalue weighted by Gasteiger charge is -2.02. The number of benzene rings is 1. The van der Waals surface area contributed by atoms with Gasteiger partial charge < -0.3 is 0 Å². The lowest BCUT2D eigenvalue weighted by molar-refractivity contribution is -0.582. The van der Waals surface area contributed by atoms with Gasteiger partial charge in [0, 0.05) is 26.9 Å². The quantitative estimate of drug-likeness (QED) is 0.751. The minimum atomic E-state index is 0.0123. The molecule has 1 N–H and O–H groups in total. The van der Waals surface area contributed by atoms with Crippen molar-refractivity contribution in [3.05, 3.63) is 62.7 Å². The van der Waals surface area contributed by atoms with Crippen LogP contribution >= 0.6 is 11.6 Å². The first-order valence-corrected chi connectivity index (χ1v) is 7.22. The van der Waals surface area contributed by atoms with Gasteiger partial charge in [-0.05, 0) is 19.4 Å². The highest BCUT2D eigenvalue weighted by atomic mass is 35.5. The lowest BCUT2D eigenvalue weighted by Crippen LogP contribution is -2.35. The summed E-state index contributed by atoms with van der Waals surface area (Å²) in [5, 5.41) is 8.14. The van der Waals surface area contributed by atoms with Gasteiger partial charge >= 0.3 is 5.65 Å². The summed E-state index contributed by atoms with van der Waals surface area (Å²) in [6, 6.07) is 7.57. The number of fused-ring (bicyclic) bond motifs is 1. The molecule has 0 atom stereocenters. The van der Waals surface area contributed by atoms with Crippen LogP contribution in [0.2, 0.25) is 5.02 Å². The van der Waals surface area contributed by atoms with E-state index in [1.807, 2.05) is 38.1 Å². The fourth-order valence-corrected chi connectivity index (χ4v) is 2.73. The lowest BCUT2D eigenvalue weighted by atomic mass is 10.1. The summed E-state index contributed by atoms with van der Waals surface area (Å²) in [4.78, 5) is 12.6. The number of aryl methyl sites for hydroxylation is 1. The van der Waals surface area contributed by atoms with E-state index in [0.29, 0.717) is 23.6 Å². The molecule has 0 saturated heterocycles. The van der Waals surface area contributed by atoms with Crippen molar-refractivity contribution in [2.75, 3.05) is 0 Å². The van der Waals surface area contributed by atoms with Crippen molar-refractivity contribution >= 4 is 17.2 Å². The molecule has 21 heavy (non-hydrogen) atoms. The smallest absolute Gasteiger partial charge is 0.282 e. The van der Waals surface area contributed by atoms with Crippen LogP contribution in [0.4, 0.5) is 0 Å². The number of nitrogens with one attached hydrogen (secondary N) is 1. The highest BCUT2D eigenvalue weighted by Gasteiger charge is 2.20. The SMILES string of the molecule is CCc1c(C)[nH][n+]2cnn(Cc3ccccc3Cl)c2c1=O. The maximum Gasteiger partial charge on any atom is 0.331 e. The average Bonchev–Trinajstić information content (AvgIpc) is 2.85. The van der Waals surface area contributed by atoms with Gasteiger partial charge in [0.15, 0.2) is 0 Å². The Balaban J connectivity index is 2.17. The normalized spacial score (nSPS) is 11.2. The van der Waals surface area contributed by atoms with Crippen molar-refractivity contribution in [3.63, 3.8) is 0 Å². The number of H-pyrrole nitrogens is 1. The first-order valence-electron chi connectivity index (χ1n) is 6.84. The Kier molecular flexibility index (Phi) is 3.51. The largest absolute Gasteiger partial charge is 0.331 e. The molecule has 5 nitrogen and oxygen atoms in total. The van der Waals surface area contributed by atoms with Gasteiger partial charge in [-0.1, -0.05) is 41.4 Å². The molecular formula is C15H16ClN4O+. The summed E-state index contributed by atoms with van der Waals surface area (Å²) in [5.41, 5.74) is 3.13. The van der Waals surface area contributed by atoms with Crippen LogP contribution in [0.3, 0.4) is 0 Å². The van der Waals surface area contributed by atoms with Crippen LogP contribution in [-0.2, 0) is 13.0 Å². The van der Waals surface area contributed by atoms with E-state index < -0.39 is 0 Å². The number of nitrogens with zero attached hydrogens (tertiary/aromatic N) is 3. The van der Waals surface area contributed by atoms with E-state index in [0.717, 1.165) is 16.8 Å². The van der Waals surface area contributed by atoms with Gasteiger partial charge in [-0.2, -0.15) is 0 Å². The molecule has 0 aliphatic heterocycles. The van der Waals surface area contributed by atoms with Gasteiger partial charge in [0.2, 0.25) is 0 Å². The van der Waals surface area contributed by atoms with E-state index in [9.17, 15) is 4.79 Å². The van der Waals surface area contributed by atoms with Gasteiger partial charge in [0.1, 0.15) is 6.54 Å². The van der Waals surface area contributed by atoms with Crippen molar-refractivity contribution in [2.45, 2.75) is 26.8 Å². The molecule has 0 unspecified atom stereocenters. The summed E-state index contributed by atoms with van der Waals surface area (Å²) >= 11 is 6.18. The highest BCUT2D eigenvalue weighted by Crippen LogP contribution is 2.16. The molecular weight excluding hydrogens is 288 g/mol. The molecule has 0 aliphatic rings. The van der Waals surface area contributed by atoms with E-state index >= 15 is 0 Å². The Morgan fingerprint density at radius 2 is 2.14 bits per heavy atom. The molecule has 2 heterocycles. The molecule has 0 aliphatic carbocycles. The fraction of sp³-hybridized carbons (Fsp3) is 0.267. The summed E-state index contributed by atoms with van der Waals surface area (Å²) in [7, 11) is 0. The first kappa shape index (κ1) is 13.8. The number of hydrogen-bond donors (Lipinski definition) is 1. The predicted octanol–water partition coefficient (Wildman–Crippen LogP) is 1.88. The number of hydrogen-bond acceptors (Lipinski definition) is 2. The summed E-state index contributed by atoms with van der Waals surface area (Å²) < 4.78 is 3.34. The third-order valence-corrected chi connectivity index (χ3v) is 4.00. The number of aromatic amines is 1. The predicted molar refractivity (Wildman–Crippen MR) is 80.7 cm³/mol. The molecule has 3 rings (SSSR count). The molecule has 0 fully saturated rings. The van der Waals surface area contributed by atoms with Crippen LogP contribution < -0.4 is 9.94 Å². The molecule has 0 spiro atoms. The van der Waals surface area contributed by atoms with Gasteiger partial charge in [-0.15, -0.1) is 4.52 Å². The standard InChI is InChI=1S/C15H15ClN4O/c1-3-12-10(2)18-20-9-17-19(15(20)14(12)21)8-11-6-4-5-7-13(11)16/h4-7,9H,3,8H2,1-2H3/p+1. The Bertz CT molecular complexity index is 866. The van der Waals surface area contributed by atoms with Crippen LogP contribution in [-0.4, -0.2) is 14.9 Å². The second kappa shape index (κ2) is 5.33. The third kappa shape index (κ3) is 2.34. The molecule has 0 saturated carbocycles. The van der Waals surface area contributed by atoms with Crippen LogP contribution in [0, 0.1) is 6.92 Å². The zero-order valence-electron chi connectivity index (χ0n) is 11.9. The van der Waals surface area contributed by atoms with Gasteiger partial charge in [0.25, 0.3) is 11.8 Å². The van der Waals surface area contributed by atoms with Gasteiger partial charge in [-0.25, -0.2) is 5.10 Å². The Hall–Kier alpha value is -2.14. The van der Waals surface area contributed by atoms with E-state index in [1.165, 1.54) is 0 Å². The molecule has 108 valence electrons. The Morgan fingerprint density at radius 3 is 2.86 bits per heavy atom. The van der Waals surface area contributed by atoms with E-state index in [-0.39, 0.29) is 5.43 Å². The van der Waals surface area contributed by atoms with Crippen molar-refractivity contribution < 1.29 is 4.52 Å². The Labute approximate surface area is 126 Å². The maximum absolute atomic E-state index is 12.6. The summed E-state index contributed by atoms with van der Waals surface area (Å²) in [6.45, 7) is 4.34. The minimum Gasteiger partial charge on any atom is -0.282 e. The summed E-state index contributed by atoms with van der Waals surface area (Å²) in [6.07, 6.45) is 2.30. The average molecular weight is 304 g/mol. The number of aromatic nitrogens is 4. The van der Waals surface area contributed by atoms with Crippen molar-refractivity contribution in [3.8, 4) is 0 Å². The van der Waals surface area contributed by atoms with Crippen LogP contribution in [0.1, 0.15) is 23.7 Å².